The normalized spacial score (nSPS) is 10.8. The second-order valence-electron chi connectivity index (χ2n) is 5.90. The van der Waals surface area contributed by atoms with Gasteiger partial charge in [0.2, 0.25) is 5.95 Å². The maximum absolute atomic E-state index is 13.7. The van der Waals surface area contributed by atoms with Crippen molar-refractivity contribution in [1.82, 2.24) is 9.97 Å². The van der Waals surface area contributed by atoms with E-state index in [1.54, 1.807) is 49.5 Å². The number of methoxy groups -OCH3 is 1. The van der Waals surface area contributed by atoms with E-state index < -0.39 is 0 Å². The highest BCUT2D eigenvalue weighted by Crippen LogP contribution is 2.28. The van der Waals surface area contributed by atoms with Gasteiger partial charge in [-0.3, -0.25) is 9.78 Å². The summed E-state index contributed by atoms with van der Waals surface area (Å²) in [4.78, 5) is 18.1. The lowest BCUT2D eigenvalue weighted by Gasteiger charge is -2.11. The number of aryl methyl sites for hydroxylation is 1. The van der Waals surface area contributed by atoms with Gasteiger partial charge in [-0.25, -0.2) is 14.8 Å². The van der Waals surface area contributed by atoms with E-state index in [0.717, 1.165) is 5.56 Å². The van der Waals surface area contributed by atoms with Crippen LogP contribution in [0.4, 0.5) is 10.3 Å². The summed E-state index contributed by atoms with van der Waals surface area (Å²) in [6.07, 6.45) is 1.55. The number of hydrazone groups is 1. The van der Waals surface area contributed by atoms with Crippen LogP contribution in [-0.4, -0.2) is 23.3 Å². The van der Waals surface area contributed by atoms with Crippen LogP contribution in [0, 0.1) is 12.7 Å². The third-order valence-electron chi connectivity index (χ3n) is 3.78. The minimum Gasteiger partial charge on any atom is -0.493 e. The third-order valence-corrected chi connectivity index (χ3v) is 3.78. The van der Waals surface area contributed by atoms with E-state index >= 15 is 0 Å². The number of rotatable bonds is 7. The number of nitrogens with zero attached hydrogens (tertiary/aromatic N) is 2. The lowest BCUT2D eigenvalue weighted by atomic mass is 10.2. The Hall–Kier alpha value is -3.68. The molecule has 0 atom stereocenters. The van der Waals surface area contributed by atoms with E-state index in [-0.39, 0.29) is 23.9 Å². The Labute approximate surface area is 160 Å². The molecule has 0 saturated carbocycles. The van der Waals surface area contributed by atoms with Crippen LogP contribution in [0.3, 0.4) is 0 Å². The number of aromatic amines is 1. The first-order valence-electron chi connectivity index (χ1n) is 8.46. The second kappa shape index (κ2) is 8.81. The van der Waals surface area contributed by atoms with Crippen molar-refractivity contribution in [1.29, 1.82) is 0 Å². The molecular formula is C20H19FN4O3. The molecule has 0 radical (unpaired) electrons. The molecule has 144 valence electrons. The van der Waals surface area contributed by atoms with Crippen LogP contribution >= 0.6 is 0 Å². The number of halogens is 1. The first kappa shape index (κ1) is 19.1. The summed E-state index contributed by atoms with van der Waals surface area (Å²) in [5.41, 5.74) is 4.18. The molecule has 0 bridgehead atoms. The molecule has 3 aromatic rings. The molecule has 0 aliphatic rings. The van der Waals surface area contributed by atoms with Gasteiger partial charge in [0.05, 0.1) is 13.3 Å². The molecule has 1 heterocycles. The van der Waals surface area contributed by atoms with Crippen molar-refractivity contribution < 1.29 is 13.9 Å². The fourth-order valence-corrected chi connectivity index (χ4v) is 2.45. The Morgan fingerprint density at radius 2 is 2.04 bits per heavy atom. The van der Waals surface area contributed by atoms with Crippen molar-refractivity contribution in [3.05, 3.63) is 81.5 Å². The SMILES string of the molecule is COc1cc(/C=N\Nc2nc(C)cc(=O)[nH]2)ccc1OCc1ccccc1F. The van der Waals surface area contributed by atoms with Crippen molar-refractivity contribution in [3.63, 3.8) is 0 Å². The topological polar surface area (TPSA) is 88.6 Å². The number of benzene rings is 2. The molecule has 2 N–H and O–H groups in total. The van der Waals surface area contributed by atoms with Crippen LogP contribution < -0.4 is 20.5 Å². The molecule has 2 aromatic carbocycles. The Morgan fingerprint density at radius 1 is 1.21 bits per heavy atom. The molecule has 8 heteroatoms. The lowest BCUT2D eigenvalue weighted by molar-refractivity contribution is 0.279. The number of anilines is 1. The zero-order chi connectivity index (χ0) is 19.9. The monoisotopic (exact) mass is 382 g/mol. The van der Waals surface area contributed by atoms with Crippen LogP contribution in [0.25, 0.3) is 0 Å². The van der Waals surface area contributed by atoms with Gasteiger partial charge in [-0.2, -0.15) is 5.10 Å². The average Bonchev–Trinajstić information content (AvgIpc) is 2.67. The molecule has 0 aliphatic carbocycles. The van der Waals surface area contributed by atoms with Gasteiger partial charge in [0.1, 0.15) is 12.4 Å². The number of ether oxygens (including phenoxy) is 2. The molecule has 7 nitrogen and oxygen atoms in total. The van der Waals surface area contributed by atoms with Gasteiger partial charge in [-0.05, 0) is 36.8 Å². The van der Waals surface area contributed by atoms with Gasteiger partial charge < -0.3 is 9.47 Å². The smallest absolute Gasteiger partial charge is 0.252 e. The summed E-state index contributed by atoms with van der Waals surface area (Å²) in [5.74, 6) is 0.903. The van der Waals surface area contributed by atoms with E-state index in [1.807, 2.05) is 0 Å². The van der Waals surface area contributed by atoms with Gasteiger partial charge in [-0.15, -0.1) is 0 Å². The fourth-order valence-electron chi connectivity index (χ4n) is 2.45. The Bertz CT molecular complexity index is 1050. The summed E-state index contributed by atoms with van der Waals surface area (Å²) >= 11 is 0. The zero-order valence-corrected chi connectivity index (χ0v) is 15.4. The van der Waals surface area contributed by atoms with E-state index in [0.29, 0.717) is 22.8 Å². The standard InChI is InChI=1S/C20H19FN4O3/c1-13-9-19(26)24-20(23-13)25-22-11-14-7-8-17(18(10-14)27-2)28-12-15-5-3-4-6-16(15)21/h3-11H,12H2,1-2H3,(H2,23,24,25,26)/b22-11-. The Balaban J connectivity index is 1.68. The van der Waals surface area contributed by atoms with E-state index in [4.69, 9.17) is 9.47 Å². The molecular weight excluding hydrogens is 363 g/mol. The van der Waals surface area contributed by atoms with Gasteiger partial charge in [-0.1, -0.05) is 18.2 Å². The van der Waals surface area contributed by atoms with E-state index in [9.17, 15) is 9.18 Å². The first-order chi connectivity index (χ1) is 13.5. The average molecular weight is 382 g/mol. The van der Waals surface area contributed by atoms with Crippen molar-refractivity contribution in [2.75, 3.05) is 12.5 Å². The van der Waals surface area contributed by atoms with Crippen LogP contribution in [0.1, 0.15) is 16.8 Å². The number of hydrogen-bond acceptors (Lipinski definition) is 6. The van der Waals surface area contributed by atoms with Crippen LogP contribution in [0.15, 0.2) is 58.4 Å². The van der Waals surface area contributed by atoms with Crippen molar-refractivity contribution in [3.8, 4) is 11.5 Å². The molecule has 0 aliphatic heterocycles. The van der Waals surface area contributed by atoms with Crippen molar-refractivity contribution >= 4 is 12.2 Å². The molecule has 1 aromatic heterocycles. The van der Waals surface area contributed by atoms with Gasteiger partial charge in [0.15, 0.2) is 11.5 Å². The van der Waals surface area contributed by atoms with Crippen LogP contribution in [-0.2, 0) is 6.61 Å². The van der Waals surface area contributed by atoms with Gasteiger partial charge in [0.25, 0.3) is 5.56 Å². The minimum atomic E-state index is -0.320. The van der Waals surface area contributed by atoms with Gasteiger partial charge >= 0.3 is 0 Å². The minimum absolute atomic E-state index is 0.0877. The number of hydrogen-bond donors (Lipinski definition) is 2. The molecule has 0 amide bonds. The Kier molecular flexibility index (Phi) is 6.01. The highest BCUT2D eigenvalue weighted by molar-refractivity contribution is 5.81. The first-order valence-corrected chi connectivity index (χ1v) is 8.46. The van der Waals surface area contributed by atoms with Crippen LogP contribution in [0.2, 0.25) is 0 Å². The molecule has 3 rings (SSSR count). The predicted molar refractivity (Wildman–Crippen MR) is 105 cm³/mol. The van der Waals surface area contributed by atoms with Crippen molar-refractivity contribution in [2.24, 2.45) is 5.10 Å². The highest BCUT2D eigenvalue weighted by Gasteiger charge is 2.07. The quantitative estimate of drug-likeness (QED) is 0.484. The summed E-state index contributed by atoms with van der Waals surface area (Å²) in [6.45, 7) is 1.81. The molecule has 28 heavy (non-hydrogen) atoms. The summed E-state index contributed by atoms with van der Waals surface area (Å²) in [7, 11) is 1.52. The summed E-state index contributed by atoms with van der Waals surface area (Å²) in [5, 5.41) is 4.05. The highest BCUT2D eigenvalue weighted by atomic mass is 19.1. The number of aromatic nitrogens is 2. The molecule has 0 unspecified atom stereocenters. The Morgan fingerprint density at radius 3 is 2.79 bits per heavy atom. The summed E-state index contributed by atoms with van der Waals surface area (Å²) in [6, 6.07) is 13.0. The number of H-pyrrole nitrogens is 1. The second-order valence-corrected chi connectivity index (χ2v) is 5.90. The molecule has 0 fully saturated rings. The molecule has 0 spiro atoms. The van der Waals surface area contributed by atoms with E-state index in [2.05, 4.69) is 20.5 Å². The summed E-state index contributed by atoms with van der Waals surface area (Å²) < 4.78 is 24.7. The molecule has 0 saturated heterocycles. The predicted octanol–water partition coefficient (Wildman–Crippen LogP) is 3.25. The van der Waals surface area contributed by atoms with Crippen molar-refractivity contribution in [2.45, 2.75) is 13.5 Å². The van der Waals surface area contributed by atoms with Gasteiger partial charge in [0, 0.05) is 17.3 Å². The van der Waals surface area contributed by atoms with Crippen LogP contribution in [0.5, 0.6) is 11.5 Å². The maximum atomic E-state index is 13.7. The maximum Gasteiger partial charge on any atom is 0.252 e. The van der Waals surface area contributed by atoms with E-state index in [1.165, 1.54) is 19.2 Å². The number of nitrogens with one attached hydrogen (secondary N) is 2. The fraction of sp³-hybridized carbons (Fsp3) is 0.150. The lowest BCUT2D eigenvalue weighted by Crippen LogP contribution is -2.10. The third kappa shape index (κ3) is 4.94. The largest absolute Gasteiger partial charge is 0.493 e. The zero-order valence-electron chi connectivity index (χ0n) is 15.4.